The lowest BCUT2D eigenvalue weighted by atomic mass is 10.2. The Bertz CT molecular complexity index is 310. The molecule has 1 aromatic rings. The summed E-state index contributed by atoms with van der Waals surface area (Å²) in [5.41, 5.74) is -1.49. The first-order chi connectivity index (χ1) is 5.93. The fourth-order valence-electron chi connectivity index (χ4n) is 0.786. The molecule has 0 fully saturated rings. The number of alkyl halides is 3. The van der Waals surface area contributed by atoms with Crippen molar-refractivity contribution in [2.24, 2.45) is 0 Å². The Morgan fingerprint density at radius 2 is 1.92 bits per heavy atom. The second-order valence-corrected chi connectivity index (χ2v) is 2.34. The van der Waals surface area contributed by atoms with Crippen molar-refractivity contribution in [3.05, 3.63) is 29.3 Å². The van der Waals surface area contributed by atoms with Crippen LogP contribution in [0.4, 0.5) is 17.6 Å². The van der Waals surface area contributed by atoms with E-state index in [1.54, 1.807) is 0 Å². The minimum atomic E-state index is -4.69. The normalized spacial score (nSPS) is 11.8. The van der Waals surface area contributed by atoms with Gasteiger partial charge in [0.15, 0.2) is 0 Å². The summed E-state index contributed by atoms with van der Waals surface area (Å²) in [5.74, 6) is -1.25. The SMILES string of the molecule is OCc1cc(F)nc(C(F)(F)F)c1. The summed E-state index contributed by atoms with van der Waals surface area (Å²) in [4.78, 5) is 2.65. The van der Waals surface area contributed by atoms with Gasteiger partial charge in [-0.3, -0.25) is 0 Å². The summed E-state index contributed by atoms with van der Waals surface area (Å²) in [6.07, 6.45) is -4.69. The number of pyridine rings is 1. The second-order valence-electron chi connectivity index (χ2n) is 2.34. The number of halogens is 4. The third kappa shape index (κ3) is 2.38. The number of nitrogens with zero attached hydrogens (tertiary/aromatic N) is 1. The maximum atomic E-state index is 12.4. The standard InChI is InChI=1S/C7H5F4NO/c8-6-2-4(3-13)1-5(12-6)7(9,10)11/h1-2,13H,3H2. The van der Waals surface area contributed by atoms with Gasteiger partial charge >= 0.3 is 6.18 Å². The highest BCUT2D eigenvalue weighted by molar-refractivity contribution is 5.18. The van der Waals surface area contributed by atoms with Gasteiger partial charge in [-0.2, -0.15) is 17.6 Å². The van der Waals surface area contributed by atoms with Crippen LogP contribution in [0.3, 0.4) is 0 Å². The topological polar surface area (TPSA) is 33.1 Å². The molecule has 1 rings (SSSR count). The summed E-state index contributed by atoms with van der Waals surface area (Å²) in [6, 6.07) is 1.35. The van der Waals surface area contributed by atoms with E-state index in [1.807, 2.05) is 0 Å². The summed E-state index contributed by atoms with van der Waals surface area (Å²) in [7, 11) is 0. The molecular weight excluding hydrogens is 190 g/mol. The average molecular weight is 195 g/mol. The van der Waals surface area contributed by atoms with E-state index in [9.17, 15) is 17.6 Å². The molecule has 6 heteroatoms. The Morgan fingerprint density at radius 3 is 2.38 bits per heavy atom. The van der Waals surface area contributed by atoms with Crippen LogP contribution in [-0.2, 0) is 12.8 Å². The average Bonchev–Trinajstić information content (AvgIpc) is 2.01. The Kier molecular flexibility index (Phi) is 2.51. The lowest BCUT2D eigenvalue weighted by Crippen LogP contribution is -2.10. The second kappa shape index (κ2) is 3.29. The van der Waals surface area contributed by atoms with E-state index in [1.165, 1.54) is 0 Å². The van der Waals surface area contributed by atoms with Crippen LogP contribution in [0.25, 0.3) is 0 Å². The van der Waals surface area contributed by atoms with E-state index < -0.39 is 24.4 Å². The molecule has 0 aliphatic rings. The lowest BCUT2D eigenvalue weighted by Gasteiger charge is -2.06. The molecule has 0 aromatic carbocycles. The molecule has 1 N–H and O–H groups in total. The van der Waals surface area contributed by atoms with Gasteiger partial charge in [0.2, 0.25) is 5.95 Å². The monoisotopic (exact) mass is 195 g/mol. The van der Waals surface area contributed by atoms with E-state index in [4.69, 9.17) is 5.11 Å². The molecule has 1 aromatic heterocycles. The summed E-state index contributed by atoms with van der Waals surface area (Å²) in [5, 5.41) is 8.49. The van der Waals surface area contributed by atoms with Gasteiger partial charge in [-0.15, -0.1) is 0 Å². The molecule has 0 radical (unpaired) electrons. The number of hydrogen-bond donors (Lipinski definition) is 1. The predicted octanol–water partition coefficient (Wildman–Crippen LogP) is 1.73. The van der Waals surface area contributed by atoms with Crippen LogP contribution in [0.2, 0.25) is 0 Å². The van der Waals surface area contributed by atoms with Gasteiger partial charge in [-0.25, -0.2) is 4.98 Å². The fourth-order valence-corrected chi connectivity index (χ4v) is 0.786. The van der Waals surface area contributed by atoms with Crippen LogP contribution in [0.15, 0.2) is 12.1 Å². The molecule has 0 unspecified atom stereocenters. The molecule has 0 saturated heterocycles. The third-order valence-corrected chi connectivity index (χ3v) is 1.33. The Labute approximate surface area is 70.8 Å². The number of rotatable bonds is 1. The van der Waals surface area contributed by atoms with Crippen molar-refractivity contribution >= 4 is 0 Å². The molecule has 1 heterocycles. The van der Waals surface area contributed by atoms with Crippen LogP contribution in [0, 0.1) is 5.95 Å². The largest absolute Gasteiger partial charge is 0.433 e. The zero-order valence-electron chi connectivity index (χ0n) is 6.27. The minimum Gasteiger partial charge on any atom is -0.392 e. The molecule has 0 atom stereocenters. The molecular formula is C7H5F4NO. The fraction of sp³-hybridized carbons (Fsp3) is 0.286. The predicted molar refractivity (Wildman–Crippen MR) is 35.1 cm³/mol. The number of aromatic nitrogens is 1. The van der Waals surface area contributed by atoms with Crippen molar-refractivity contribution < 1.29 is 22.7 Å². The molecule has 0 aliphatic heterocycles. The van der Waals surface area contributed by atoms with Crippen molar-refractivity contribution in [3.63, 3.8) is 0 Å². The van der Waals surface area contributed by atoms with E-state index in [0.29, 0.717) is 6.07 Å². The van der Waals surface area contributed by atoms with E-state index in [0.717, 1.165) is 6.07 Å². The van der Waals surface area contributed by atoms with Crippen LogP contribution >= 0.6 is 0 Å². The van der Waals surface area contributed by atoms with Gasteiger partial charge in [0, 0.05) is 0 Å². The number of aliphatic hydroxyl groups excluding tert-OH is 1. The van der Waals surface area contributed by atoms with Gasteiger partial charge in [0.25, 0.3) is 0 Å². The Hall–Kier alpha value is -1.17. The van der Waals surface area contributed by atoms with Crippen LogP contribution in [0.5, 0.6) is 0 Å². The summed E-state index contributed by atoms with van der Waals surface area (Å²) in [6.45, 7) is -0.650. The van der Waals surface area contributed by atoms with Crippen LogP contribution in [0.1, 0.15) is 11.3 Å². The summed E-state index contributed by atoms with van der Waals surface area (Å²) >= 11 is 0. The zero-order valence-corrected chi connectivity index (χ0v) is 6.27. The third-order valence-electron chi connectivity index (χ3n) is 1.33. The molecule has 2 nitrogen and oxygen atoms in total. The van der Waals surface area contributed by atoms with E-state index in [-0.39, 0.29) is 5.56 Å². The number of hydrogen-bond acceptors (Lipinski definition) is 2. The van der Waals surface area contributed by atoms with Crippen LogP contribution in [-0.4, -0.2) is 10.1 Å². The molecule has 0 aliphatic carbocycles. The van der Waals surface area contributed by atoms with E-state index >= 15 is 0 Å². The molecule has 0 bridgehead atoms. The van der Waals surface area contributed by atoms with Gasteiger partial charge in [-0.1, -0.05) is 0 Å². The summed E-state index contributed by atoms with van der Waals surface area (Å²) < 4.78 is 48.3. The molecule has 72 valence electrons. The minimum absolute atomic E-state index is 0.153. The quantitative estimate of drug-likeness (QED) is 0.546. The van der Waals surface area contributed by atoms with Crippen molar-refractivity contribution in [2.45, 2.75) is 12.8 Å². The van der Waals surface area contributed by atoms with E-state index in [2.05, 4.69) is 4.98 Å². The zero-order chi connectivity index (χ0) is 10.1. The maximum absolute atomic E-state index is 12.4. The Morgan fingerprint density at radius 1 is 1.31 bits per heavy atom. The molecule has 0 saturated carbocycles. The van der Waals surface area contributed by atoms with Crippen molar-refractivity contribution in [2.75, 3.05) is 0 Å². The smallest absolute Gasteiger partial charge is 0.392 e. The van der Waals surface area contributed by atoms with Crippen molar-refractivity contribution in [1.82, 2.24) is 4.98 Å². The first-order valence-corrected chi connectivity index (χ1v) is 3.28. The van der Waals surface area contributed by atoms with Gasteiger partial charge in [-0.05, 0) is 17.7 Å². The first-order valence-electron chi connectivity index (χ1n) is 3.28. The van der Waals surface area contributed by atoms with Crippen LogP contribution < -0.4 is 0 Å². The lowest BCUT2D eigenvalue weighted by molar-refractivity contribution is -0.141. The highest BCUT2D eigenvalue weighted by atomic mass is 19.4. The molecule has 13 heavy (non-hydrogen) atoms. The molecule has 0 spiro atoms. The van der Waals surface area contributed by atoms with Gasteiger partial charge in [0.1, 0.15) is 5.69 Å². The number of aliphatic hydroxyl groups is 1. The first kappa shape index (κ1) is 9.91. The van der Waals surface area contributed by atoms with Gasteiger partial charge < -0.3 is 5.11 Å². The van der Waals surface area contributed by atoms with Gasteiger partial charge in [0.05, 0.1) is 6.61 Å². The molecule has 0 amide bonds. The van der Waals surface area contributed by atoms with Crippen molar-refractivity contribution in [1.29, 1.82) is 0 Å². The maximum Gasteiger partial charge on any atom is 0.433 e. The highest BCUT2D eigenvalue weighted by Crippen LogP contribution is 2.28. The van der Waals surface area contributed by atoms with Crippen molar-refractivity contribution in [3.8, 4) is 0 Å². The highest BCUT2D eigenvalue weighted by Gasteiger charge is 2.33. The Balaban J connectivity index is 3.16.